The van der Waals surface area contributed by atoms with E-state index in [1.807, 2.05) is 0 Å². The molecule has 1 aliphatic heterocycles. The lowest BCUT2D eigenvalue weighted by atomic mass is 9.83. The maximum Gasteiger partial charge on any atom is 0.151 e. The van der Waals surface area contributed by atoms with Crippen LogP contribution >= 0.6 is 15.9 Å². The second-order valence-electron chi connectivity index (χ2n) is 4.65. The van der Waals surface area contributed by atoms with E-state index in [0.717, 1.165) is 0 Å². The third-order valence-corrected chi connectivity index (χ3v) is 5.75. The van der Waals surface area contributed by atoms with Crippen molar-refractivity contribution in [1.29, 1.82) is 5.26 Å². The van der Waals surface area contributed by atoms with E-state index < -0.39 is 15.3 Å². The van der Waals surface area contributed by atoms with Gasteiger partial charge in [0.05, 0.1) is 23.0 Å². The van der Waals surface area contributed by atoms with Gasteiger partial charge in [0.1, 0.15) is 5.82 Å². The number of hydrogen-bond acceptors (Lipinski definition) is 3. The number of nitrogens with zero attached hydrogens (tertiary/aromatic N) is 1. The van der Waals surface area contributed by atoms with Crippen LogP contribution in [0.4, 0.5) is 4.39 Å². The minimum Gasteiger partial charge on any atom is -0.229 e. The lowest BCUT2D eigenvalue weighted by molar-refractivity contribution is 0.449. The highest BCUT2D eigenvalue weighted by atomic mass is 79.9. The van der Waals surface area contributed by atoms with Crippen LogP contribution in [0, 0.1) is 22.6 Å². The van der Waals surface area contributed by atoms with Crippen LogP contribution in [0.25, 0.3) is 0 Å². The summed E-state index contributed by atoms with van der Waals surface area (Å²) < 4.78 is 36.9. The summed E-state index contributed by atoms with van der Waals surface area (Å²) in [7, 11) is -3.14. The number of benzene rings is 1. The second-order valence-corrected chi connectivity index (χ2v) is 7.69. The molecule has 96 valence electrons. The highest BCUT2D eigenvalue weighted by molar-refractivity contribution is 9.10. The van der Waals surface area contributed by atoms with E-state index in [1.54, 1.807) is 6.07 Å². The summed E-state index contributed by atoms with van der Waals surface area (Å²) in [6.07, 6.45) is 0.565. The van der Waals surface area contributed by atoms with Gasteiger partial charge < -0.3 is 0 Å². The Morgan fingerprint density at radius 1 is 1.50 bits per heavy atom. The summed E-state index contributed by atoms with van der Waals surface area (Å²) in [5.74, 6) is -0.491. The Hall–Kier alpha value is -0.930. The standard InChI is InChI=1S/C12H11BrFNO2S/c13-11-2-1-10(14)5-9(11)6-12(7-15)3-4-18(16,17)8-12/h1-2,5H,3-4,6,8H2. The van der Waals surface area contributed by atoms with E-state index in [-0.39, 0.29) is 23.7 Å². The maximum atomic E-state index is 13.2. The van der Waals surface area contributed by atoms with Crippen LogP contribution in [0.5, 0.6) is 0 Å². The van der Waals surface area contributed by atoms with Crippen LogP contribution in [-0.4, -0.2) is 19.9 Å². The monoisotopic (exact) mass is 331 g/mol. The molecule has 0 aliphatic carbocycles. The summed E-state index contributed by atoms with van der Waals surface area (Å²) in [6.45, 7) is 0. The van der Waals surface area contributed by atoms with E-state index in [4.69, 9.17) is 0 Å². The molecule has 6 heteroatoms. The highest BCUT2D eigenvalue weighted by Crippen LogP contribution is 2.36. The van der Waals surface area contributed by atoms with Crippen molar-refractivity contribution in [3.63, 3.8) is 0 Å². The summed E-state index contributed by atoms with van der Waals surface area (Å²) >= 11 is 3.29. The zero-order chi connectivity index (χ0) is 13.4. The first-order valence-electron chi connectivity index (χ1n) is 5.41. The second kappa shape index (κ2) is 4.63. The van der Waals surface area contributed by atoms with Crippen LogP contribution in [0.1, 0.15) is 12.0 Å². The number of rotatable bonds is 2. The highest BCUT2D eigenvalue weighted by Gasteiger charge is 2.42. The zero-order valence-corrected chi connectivity index (χ0v) is 11.9. The van der Waals surface area contributed by atoms with Crippen molar-refractivity contribution < 1.29 is 12.8 Å². The Bertz CT molecular complexity index is 623. The van der Waals surface area contributed by atoms with Crippen LogP contribution < -0.4 is 0 Å². The molecule has 1 atom stereocenters. The fourth-order valence-corrected chi connectivity index (χ4v) is 4.61. The predicted molar refractivity (Wildman–Crippen MR) is 69.1 cm³/mol. The molecule has 1 aliphatic rings. The fraction of sp³-hybridized carbons (Fsp3) is 0.417. The Morgan fingerprint density at radius 3 is 2.78 bits per heavy atom. The number of hydrogen-bond donors (Lipinski definition) is 0. The molecule has 1 fully saturated rings. The van der Waals surface area contributed by atoms with Crippen molar-refractivity contribution in [1.82, 2.24) is 0 Å². The summed E-state index contributed by atoms with van der Waals surface area (Å²) in [6, 6.07) is 6.33. The summed E-state index contributed by atoms with van der Waals surface area (Å²) in [5, 5.41) is 9.25. The van der Waals surface area contributed by atoms with Gasteiger partial charge in [0, 0.05) is 4.47 Å². The number of nitriles is 1. The average Bonchev–Trinajstić information content (AvgIpc) is 2.60. The minimum atomic E-state index is -3.14. The molecule has 0 radical (unpaired) electrons. The Labute approximate surface area is 114 Å². The van der Waals surface area contributed by atoms with Crippen molar-refractivity contribution in [2.24, 2.45) is 5.41 Å². The van der Waals surface area contributed by atoms with Crippen LogP contribution in [0.3, 0.4) is 0 Å². The van der Waals surface area contributed by atoms with Gasteiger partial charge in [-0.2, -0.15) is 5.26 Å². The molecule has 2 rings (SSSR count). The summed E-state index contributed by atoms with van der Waals surface area (Å²) in [4.78, 5) is 0. The van der Waals surface area contributed by atoms with E-state index in [0.29, 0.717) is 16.5 Å². The molecule has 1 aromatic rings. The van der Waals surface area contributed by atoms with Crippen molar-refractivity contribution in [2.45, 2.75) is 12.8 Å². The van der Waals surface area contributed by atoms with Gasteiger partial charge in [-0.15, -0.1) is 0 Å². The van der Waals surface area contributed by atoms with Crippen LogP contribution in [0.2, 0.25) is 0 Å². The van der Waals surface area contributed by atoms with Gasteiger partial charge in [-0.3, -0.25) is 0 Å². The fourth-order valence-electron chi connectivity index (χ4n) is 2.23. The first kappa shape index (κ1) is 13.5. The van der Waals surface area contributed by atoms with E-state index in [9.17, 15) is 18.1 Å². The molecule has 0 saturated carbocycles. The molecule has 1 unspecified atom stereocenters. The van der Waals surface area contributed by atoms with Gasteiger partial charge in [-0.05, 0) is 36.6 Å². The maximum absolute atomic E-state index is 13.2. The molecule has 0 N–H and O–H groups in total. The smallest absolute Gasteiger partial charge is 0.151 e. The normalized spacial score (nSPS) is 25.8. The first-order valence-corrected chi connectivity index (χ1v) is 8.03. The SMILES string of the molecule is N#CC1(Cc2cc(F)ccc2Br)CCS(=O)(=O)C1. The molecule has 1 heterocycles. The van der Waals surface area contributed by atoms with Crippen molar-refractivity contribution in [3.8, 4) is 6.07 Å². The lowest BCUT2D eigenvalue weighted by Crippen LogP contribution is -2.23. The minimum absolute atomic E-state index is 0.0352. The zero-order valence-electron chi connectivity index (χ0n) is 9.49. The predicted octanol–water partition coefficient (Wildman–Crippen LogP) is 2.46. The van der Waals surface area contributed by atoms with Gasteiger partial charge in [-0.25, -0.2) is 12.8 Å². The third-order valence-electron chi connectivity index (χ3n) is 3.16. The molecule has 1 saturated heterocycles. The van der Waals surface area contributed by atoms with Gasteiger partial charge in [0.25, 0.3) is 0 Å². The average molecular weight is 332 g/mol. The topological polar surface area (TPSA) is 57.9 Å². The first-order chi connectivity index (χ1) is 8.36. The molecule has 0 amide bonds. The van der Waals surface area contributed by atoms with Gasteiger partial charge in [-0.1, -0.05) is 15.9 Å². The number of halogens is 2. The Morgan fingerprint density at radius 2 is 2.22 bits per heavy atom. The van der Waals surface area contributed by atoms with Crippen molar-refractivity contribution in [2.75, 3.05) is 11.5 Å². The van der Waals surface area contributed by atoms with E-state index in [2.05, 4.69) is 22.0 Å². The molecule has 0 spiro atoms. The van der Waals surface area contributed by atoms with Crippen LogP contribution in [0.15, 0.2) is 22.7 Å². The molecular formula is C12H11BrFNO2S. The Balaban J connectivity index is 2.33. The van der Waals surface area contributed by atoms with E-state index in [1.165, 1.54) is 12.1 Å². The van der Waals surface area contributed by atoms with Crippen molar-refractivity contribution in [3.05, 3.63) is 34.1 Å². The van der Waals surface area contributed by atoms with E-state index >= 15 is 0 Å². The molecular weight excluding hydrogens is 321 g/mol. The third kappa shape index (κ3) is 2.73. The number of sulfone groups is 1. The van der Waals surface area contributed by atoms with Crippen molar-refractivity contribution >= 4 is 25.8 Å². The largest absolute Gasteiger partial charge is 0.229 e. The van der Waals surface area contributed by atoms with Gasteiger partial charge in [0.2, 0.25) is 0 Å². The van der Waals surface area contributed by atoms with Gasteiger partial charge >= 0.3 is 0 Å². The molecule has 1 aromatic carbocycles. The molecule has 3 nitrogen and oxygen atoms in total. The quantitative estimate of drug-likeness (QED) is 0.836. The molecule has 0 aromatic heterocycles. The lowest BCUT2D eigenvalue weighted by Gasteiger charge is -2.19. The summed E-state index contributed by atoms with van der Waals surface area (Å²) in [5.41, 5.74) is -0.288. The molecule has 0 bridgehead atoms. The molecule has 18 heavy (non-hydrogen) atoms. The van der Waals surface area contributed by atoms with Gasteiger partial charge in [0.15, 0.2) is 9.84 Å². The Kier molecular flexibility index (Phi) is 3.47. The van der Waals surface area contributed by atoms with Crippen LogP contribution in [-0.2, 0) is 16.3 Å².